The van der Waals surface area contributed by atoms with Crippen LogP contribution in [0.25, 0.3) is 0 Å². The smallest absolute Gasteiger partial charge is 0.290 e. The zero-order valence-corrected chi connectivity index (χ0v) is 11.3. The molecule has 0 radical (unpaired) electrons. The van der Waals surface area contributed by atoms with E-state index in [0.717, 1.165) is 8.47 Å². The molecule has 90 valence electrons. The molecule has 17 heavy (non-hydrogen) atoms. The highest BCUT2D eigenvalue weighted by Crippen LogP contribution is 2.24. The van der Waals surface area contributed by atoms with E-state index >= 15 is 0 Å². The number of rotatable bonds is 1. The van der Waals surface area contributed by atoms with Gasteiger partial charge in [-0.25, -0.2) is 9.18 Å². The molecule has 1 aliphatic rings. The lowest BCUT2D eigenvalue weighted by Gasteiger charge is -2.32. The van der Waals surface area contributed by atoms with Crippen molar-refractivity contribution in [1.82, 2.24) is 4.90 Å². The summed E-state index contributed by atoms with van der Waals surface area (Å²) < 4.78 is 14.5. The molecule has 4 nitrogen and oxygen atoms in total. The summed E-state index contributed by atoms with van der Waals surface area (Å²) in [6.07, 6.45) is 0.216. The number of benzene rings is 1. The highest BCUT2D eigenvalue weighted by molar-refractivity contribution is 14.1. The molecule has 0 atom stereocenters. The Morgan fingerprint density at radius 3 is 2.71 bits per heavy atom. The van der Waals surface area contributed by atoms with Crippen LogP contribution in [0, 0.1) is 9.39 Å². The topological polar surface area (TPSA) is 40.6 Å². The van der Waals surface area contributed by atoms with Gasteiger partial charge in [-0.05, 0) is 40.8 Å². The molecule has 0 aliphatic carbocycles. The number of hydrogen-bond acceptors (Lipinski definition) is 2. The summed E-state index contributed by atoms with van der Waals surface area (Å²) in [5.41, 5.74) is 0.217. The van der Waals surface area contributed by atoms with Gasteiger partial charge >= 0.3 is 6.03 Å². The van der Waals surface area contributed by atoms with Crippen molar-refractivity contribution in [1.29, 1.82) is 0 Å². The van der Waals surface area contributed by atoms with E-state index in [1.807, 2.05) is 22.6 Å². The van der Waals surface area contributed by atoms with E-state index < -0.39 is 11.8 Å². The fourth-order valence-corrected chi connectivity index (χ4v) is 2.14. The number of anilines is 1. The Morgan fingerprint density at radius 2 is 2.06 bits per heavy atom. The van der Waals surface area contributed by atoms with Crippen LogP contribution in [0.3, 0.4) is 0 Å². The van der Waals surface area contributed by atoms with Crippen molar-refractivity contribution in [3.63, 3.8) is 0 Å². The van der Waals surface area contributed by atoms with Gasteiger partial charge in [0.05, 0.1) is 5.69 Å². The van der Waals surface area contributed by atoms with E-state index in [-0.39, 0.29) is 24.6 Å². The molecule has 0 N–H and O–H groups in total. The molecule has 6 heteroatoms. The molecule has 2 rings (SSSR count). The maximum absolute atomic E-state index is 13.7. The van der Waals surface area contributed by atoms with E-state index in [9.17, 15) is 14.0 Å². The van der Waals surface area contributed by atoms with Gasteiger partial charge in [0.15, 0.2) is 0 Å². The van der Waals surface area contributed by atoms with Gasteiger partial charge in [0, 0.05) is 23.6 Å². The summed E-state index contributed by atoms with van der Waals surface area (Å²) in [4.78, 5) is 25.4. The lowest BCUT2D eigenvalue weighted by atomic mass is 10.2. The summed E-state index contributed by atoms with van der Waals surface area (Å²) in [5.74, 6) is -0.690. The van der Waals surface area contributed by atoms with Crippen LogP contribution in [0.5, 0.6) is 0 Å². The van der Waals surface area contributed by atoms with Crippen LogP contribution in [0.1, 0.15) is 6.42 Å². The van der Waals surface area contributed by atoms with Crippen LogP contribution < -0.4 is 4.90 Å². The molecular formula is C11H10FIN2O2. The first-order valence-corrected chi connectivity index (χ1v) is 6.11. The summed E-state index contributed by atoms with van der Waals surface area (Å²) in [5, 5.41) is 0. The molecule has 0 spiro atoms. The second-order valence-corrected chi connectivity index (χ2v) is 4.98. The Hall–Kier alpha value is -1.18. The first kappa shape index (κ1) is 12.3. The van der Waals surface area contributed by atoms with Gasteiger partial charge in [-0.15, -0.1) is 0 Å². The Labute approximate surface area is 112 Å². The monoisotopic (exact) mass is 348 g/mol. The standard InChI is InChI=1S/C11H10FIN2O2/c1-14-10(16)4-5-15(11(14)17)9-3-2-7(13)6-8(9)12/h2-3,6H,4-5H2,1H3. The molecule has 1 aromatic carbocycles. The molecule has 0 bridgehead atoms. The van der Waals surface area contributed by atoms with Gasteiger partial charge in [0.2, 0.25) is 5.91 Å². The van der Waals surface area contributed by atoms with E-state index in [4.69, 9.17) is 0 Å². The number of carbonyl (C=O) groups excluding carboxylic acids is 2. The second-order valence-electron chi connectivity index (χ2n) is 3.73. The first-order chi connectivity index (χ1) is 8.00. The first-order valence-electron chi connectivity index (χ1n) is 5.04. The molecule has 0 unspecified atom stereocenters. The third kappa shape index (κ3) is 2.26. The lowest BCUT2D eigenvalue weighted by molar-refractivity contribution is -0.127. The molecule has 1 aromatic rings. The highest BCUT2D eigenvalue weighted by atomic mass is 127. The summed E-state index contributed by atoms with van der Waals surface area (Å²) >= 11 is 2.00. The van der Waals surface area contributed by atoms with E-state index in [2.05, 4.69) is 0 Å². The van der Waals surface area contributed by atoms with Crippen molar-refractivity contribution in [3.05, 3.63) is 27.6 Å². The predicted molar refractivity (Wildman–Crippen MR) is 69.2 cm³/mol. The lowest BCUT2D eigenvalue weighted by Crippen LogP contribution is -2.50. The van der Waals surface area contributed by atoms with Crippen molar-refractivity contribution < 1.29 is 14.0 Å². The van der Waals surface area contributed by atoms with Crippen LogP contribution in [0.15, 0.2) is 18.2 Å². The molecule has 1 aliphatic heterocycles. The number of imide groups is 1. The minimum atomic E-state index is -0.485. The maximum Gasteiger partial charge on any atom is 0.331 e. The summed E-state index contributed by atoms with van der Waals surface area (Å²) in [7, 11) is 1.40. The van der Waals surface area contributed by atoms with Crippen LogP contribution in [-0.2, 0) is 4.79 Å². The molecule has 0 saturated carbocycles. The van der Waals surface area contributed by atoms with E-state index in [0.29, 0.717) is 0 Å². The fourth-order valence-electron chi connectivity index (χ4n) is 1.68. The zero-order valence-electron chi connectivity index (χ0n) is 9.11. The van der Waals surface area contributed by atoms with Gasteiger partial charge in [-0.1, -0.05) is 0 Å². The number of hydrogen-bond donors (Lipinski definition) is 0. The normalized spacial score (nSPS) is 16.6. The molecular weight excluding hydrogens is 338 g/mol. The van der Waals surface area contributed by atoms with Crippen LogP contribution in [-0.4, -0.2) is 30.4 Å². The average molecular weight is 348 g/mol. The third-order valence-corrected chi connectivity index (χ3v) is 3.31. The van der Waals surface area contributed by atoms with Gasteiger partial charge in [-0.3, -0.25) is 14.6 Å². The van der Waals surface area contributed by atoms with Crippen molar-refractivity contribution in [2.75, 3.05) is 18.5 Å². The van der Waals surface area contributed by atoms with Crippen LogP contribution in [0.4, 0.5) is 14.9 Å². The zero-order chi connectivity index (χ0) is 12.6. The second kappa shape index (κ2) is 4.59. The molecule has 3 amide bonds. The quantitative estimate of drug-likeness (QED) is 0.731. The summed E-state index contributed by atoms with van der Waals surface area (Å²) in [6.45, 7) is 0.222. The Morgan fingerprint density at radius 1 is 1.35 bits per heavy atom. The van der Waals surface area contributed by atoms with Crippen LogP contribution in [0.2, 0.25) is 0 Å². The summed E-state index contributed by atoms with van der Waals surface area (Å²) in [6, 6.07) is 4.15. The molecule has 1 heterocycles. The Balaban J connectivity index is 2.34. The molecule has 0 aromatic heterocycles. The minimum absolute atomic E-state index is 0.216. The van der Waals surface area contributed by atoms with Crippen molar-refractivity contribution in [2.45, 2.75) is 6.42 Å². The number of nitrogens with zero attached hydrogens (tertiary/aromatic N) is 2. The van der Waals surface area contributed by atoms with Crippen molar-refractivity contribution in [3.8, 4) is 0 Å². The SMILES string of the molecule is CN1C(=O)CCN(c2ccc(I)cc2F)C1=O. The average Bonchev–Trinajstić information content (AvgIpc) is 2.28. The Bertz CT molecular complexity index is 492. The largest absolute Gasteiger partial charge is 0.331 e. The number of halogens is 2. The predicted octanol–water partition coefficient (Wildman–Crippen LogP) is 2.22. The maximum atomic E-state index is 13.7. The Kier molecular flexibility index (Phi) is 3.32. The third-order valence-electron chi connectivity index (χ3n) is 2.64. The molecule has 1 fully saturated rings. The fraction of sp³-hybridized carbons (Fsp3) is 0.273. The number of amides is 3. The van der Waals surface area contributed by atoms with Gasteiger partial charge in [0.25, 0.3) is 0 Å². The number of carbonyl (C=O) groups is 2. The van der Waals surface area contributed by atoms with Crippen molar-refractivity contribution in [2.24, 2.45) is 0 Å². The highest BCUT2D eigenvalue weighted by Gasteiger charge is 2.31. The van der Waals surface area contributed by atoms with Gasteiger partial charge in [-0.2, -0.15) is 0 Å². The van der Waals surface area contributed by atoms with Gasteiger partial charge in [0.1, 0.15) is 5.82 Å². The molecule has 1 saturated heterocycles. The van der Waals surface area contributed by atoms with Crippen LogP contribution >= 0.6 is 22.6 Å². The van der Waals surface area contributed by atoms with Crippen molar-refractivity contribution >= 4 is 40.2 Å². The van der Waals surface area contributed by atoms with E-state index in [1.54, 1.807) is 12.1 Å². The number of urea groups is 1. The van der Waals surface area contributed by atoms with E-state index in [1.165, 1.54) is 18.0 Å². The minimum Gasteiger partial charge on any atom is -0.290 e. The van der Waals surface area contributed by atoms with Gasteiger partial charge < -0.3 is 0 Å².